The molecule has 1 aliphatic carbocycles. The number of rotatable bonds is 6. The van der Waals surface area contributed by atoms with Crippen LogP contribution < -0.4 is 10.1 Å². The van der Waals surface area contributed by atoms with Crippen molar-refractivity contribution in [1.29, 1.82) is 0 Å². The summed E-state index contributed by atoms with van der Waals surface area (Å²) in [6, 6.07) is 13.6. The van der Waals surface area contributed by atoms with Gasteiger partial charge in [-0.3, -0.25) is 4.79 Å². The van der Waals surface area contributed by atoms with E-state index in [2.05, 4.69) is 5.32 Å². The molecule has 0 unspecified atom stereocenters. The molecule has 1 saturated carbocycles. The highest BCUT2D eigenvalue weighted by atomic mass is 16.6. The fraction of sp³-hybridized carbons (Fsp3) is 0.389. The van der Waals surface area contributed by atoms with Crippen molar-refractivity contribution in [2.75, 3.05) is 0 Å². The molecular weight excluding hydrogens is 294 g/mol. The van der Waals surface area contributed by atoms with Crippen molar-refractivity contribution >= 4 is 5.97 Å². The maximum atomic E-state index is 10.9. The van der Waals surface area contributed by atoms with Gasteiger partial charge in [0, 0.05) is 12.1 Å². The van der Waals surface area contributed by atoms with E-state index in [4.69, 9.17) is 14.3 Å². The van der Waals surface area contributed by atoms with Crippen LogP contribution in [0.4, 0.5) is 0 Å². The first-order chi connectivity index (χ1) is 11.2. The number of carboxylic acids is 1. The summed E-state index contributed by atoms with van der Waals surface area (Å²) in [5, 5.41) is 12.4. The molecule has 2 aromatic rings. The number of hydrogen-bond donors (Lipinski definition) is 2. The zero-order valence-corrected chi connectivity index (χ0v) is 12.9. The smallest absolute Gasteiger partial charge is 0.306 e. The predicted octanol–water partition coefficient (Wildman–Crippen LogP) is 3.80. The first-order valence-corrected chi connectivity index (χ1v) is 7.98. The van der Waals surface area contributed by atoms with Gasteiger partial charge in [0.05, 0.1) is 12.5 Å². The third kappa shape index (κ3) is 4.36. The zero-order chi connectivity index (χ0) is 16.1. The van der Waals surface area contributed by atoms with Crippen molar-refractivity contribution in [3.8, 4) is 11.7 Å². The molecule has 0 spiro atoms. The van der Waals surface area contributed by atoms with Gasteiger partial charge in [-0.05, 0) is 43.9 Å². The number of aliphatic carboxylic acids is 1. The van der Waals surface area contributed by atoms with E-state index in [1.54, 1.807) is 0 Å². The van der Waals surface area contributed by atoms with Crippen LogP contribution in [-0.4, -0.2) is 17.1 Å². The number of para-hydroxylation sites is 1. The molecule has 5 heteroatoms. The maximum absolute atomic E-state index is 10.9. The minimum Gasteiger partial charge on any atom is -0.481 e. The number of hydrogen-bond acceptors (Lipinski definition) is 4. The molecule has 1 fully saturated rings. The van der Waals surface area contributed by atoms with Gasteiger partial charge in [-0.25, -0.2) is 0 Å². The van der Waals surface area contributed by atoms with E-state index in [9.17, 15) is 4.79 Å². The Labute approximate surface area is 135 Å². The van der Waals surface area contributed by atoms with Crippen LogP contribution >= 0.6 is 0 Å². The molecule has 2 N–H and O–H groups in total. The van der Waals surface area contributed by atoms with Crippen molar-refractivity contribution in [2.45, 2.75) is 38.3 Å². The van der Waals surface area contributed by atoms with E-state index in [-0.39, 0.29) is 5.92 Å². The second kappa shape index (κ2) is 7.33. The van der Waals surface area contributed by atoms with E-state index in [0.717, 1.165) is 37.2 Å². The Balaban J connectivity index is 1.46. The lowest BCUT2D eigenvalue weighted by Gasteiger charge is -2.26. The van der Waals surface area contributed by atoms with Gasteiger partial charge in [0.2, 0.25) is 0 Å². The van der Waals surface area contributed by atoms with Crippen LogP contribution in [0.2, 0.25) is 0 Å². The standard InChI is InChI=1S/C18H21NO4/c20-18(21)13-6-8-14(9-7-13)19-12-16-10-11-17(23-16)22-15-4-2-1-3-5-15/h1-5,10-11,13-14,19H,6-9,12H2,(H,20,21). The summed E-state index contributed by atoms with van der Waals surface area (Å²) in [6.45, 7) is 0.626. The summed E-state index contributed by atoms with van der Waals surface area (Å²) in [7, 11) is 0. The summed E-state index contributed by atoms with van der Waals surface area (Å²) in [5.74, 6) is 1.19. The topological polar surface area (TPSA) is 71.7 Å². The van der Waals surface area contributed by atoms with Crippen molar-refractivity contribution in [3.63, 3.8) is 0 Å². The monoisotopic (exact) mass is 315 g/mol. The minimum atomic E-state index is -0.669. The van der Waals surface area contributed by atoms with Crippen LogP contribution in [0, 0.1) is 5.92 Å². The van der Waals surface area contributed by atoms with E-state index >= 15 is 0 Å². The van der Waals surface area contributed by atoms with Crippen LogP contribution in [-0.2, 0) is 11.3 Å². The molecule has 0 aliphatic heterocycles. The van der Waals surface area contributed by atoms with E-state index < -0.39 is 5.97 Å². The van der Waals surface area contributed by atoms with Gasteiger partial charge in [0.15, 0.2) is 0 Å². The number of nitrogens with one attached hydrogen (secondary N) is 1. The average Bonchev–Trinajstić information content (AvgIpc) is 3.02. The molecule has 1 aromatic heterocycles. The lowest BCUT2D eigenvalue weighted by molar-refractivity contribution is -0.142. The predicted molar refractivity (Wildman–Crippen MR) is 85.4 cm³/mol. The summed E-state index contributed by atoms with van der Waals surface area (Å²) >= 11 is 0. The maximum Gasteiger partial charge on any atom is 0.306 e. The largest absolute Gasteiger partial charge is 0.481 e. The fourth-order valence-electron chi connectivity index (χ4n) is 2.90. The van der Waals surface area contributed by atoms with Crippen molar-refractivity contribution in [2.24, 2.45) is 5.92 Å². The van der Waals surface area contributed by atoms with E-state index in [1.165, 1.54) is 0 Å². The summed E-state index contributed by atoms with van der Waals surface area (Å²) in [4.78, 5) is 10.9. The highest BCUT2D eigenvalue weighted by Gasteiger charge is 2.25. The highest BCUT2D eigenvalue weighted by Crippen LogP contribution is 2.26. The Morgan fingerprint density at radius 2 is 1.87 bits per heavy atom. The molecule has 0 saturated heterocycles. The summed E-state index contributed by atoms with van der Waals surface area (Å²) < 4.78 is 11.3. The summed E-state index contributed by atoms with van der Waals surface area (Å²) in [6.07, 6.45) is 3.27. The quantitative estimate of drug-likeness (QED) is 0.848. The second-order valence-electron chi connectivity index (χ2n) is 5.90. The lowest BCUT2D eigenvalue weighted by Crippen LogP contribution is -2.34. The third-order valence-corrected chi connectivity index (χ3v) is 4.24. The first-order valence-electron chi connectivity index (χ1n) is 7.98. The molecule has 23 heavy (non-hydrogen) atoms. The van der Waals surface area contributed by atoms with Gasteiger partial charge in [0.25, 0.3) is 5.95 Å². The molecule has 0 bridgehead atoms. The molecule has 1 aliphatic rings. The SMILES string of the molecule is O=C(O)C1CCC(NCc2ccc(Oc3ccccc3)o2)CC1. The third-order valence-electron chi connectivity index (χ3n) is 4.24. The normalized spacial score (nSPS) is 21.0. The van der Waals surface area contributed by atoms with Gasteiger partial charge in [-0.2, -0.15) is 0 Å². The molecule has 0 radical (unpaired) electrons. The summed E-state index contributed by atoms with van der Waals surface area (Å²) in [5.41, 5.74) is 0. The van der Waals surface area contributed by atoms with Gasteiger partial charge in [-0.1, -0.05) is 18.2 Å². The van der Waals surface area contributed by atoms with Crippen LogP contribution in [0.25, 0.3) is 0 Å². The van der Waals surface area contributed by atoms with Crippen molar-refractivity contribution < 1.29 is 19.1 Å². The average molecular weight is 315 g/mol. The number of ether oxygens (including phenoxy) is 1. The van der Waals surface area contributed by atoms with E-state index in [0.29, 0.717) is 18.5 Å². The first kappa shape index (κ1) is 15.6. The number of carbonyl (C=O) groups is 1. The molecule has 3 rings (SSSR count). The van der Waals surface area contributed by atoms with Gasteiger partial charge in [0.1, 0.15) is 11.5 Å². The molecule has 1 heterocycles. The molecule has 5 nitrogen and oxygen atoms in total. The number of carboxylic acid groups (broad SMARTS) is 1. The van der Waals surface area contributed by atoms with Crippen LogP contribution in [0.15, 0.2) is 46.9 Å². The Hall–Kier alpha value is -2.27. The van der Waals surface area contributed by atoms with Crippen LogP contribution in [0.1, 0.15) is 31.4 Å². The molecule has 0 atom stereocenters. The van der Waals surface area contributed by atoms with Gasteiger partial charge < -0.3 is 19.6 Å². The number of furan rings is 1. The fourth-order valence-corrected chi connectivity index (χ4v) is 2.90. The van der Waals surface area contributed by atoms with Crippen molar-refractivity contribution in [1.82, 2.24) is 5.32 Å². The minimum absolute atomic E-state index is 0.178. The van der Waals surface area contributed by atoms with E-state index in [1.807, 2.05) is 42.5 Å². The van der Waals surface area contributed by atoms with Gasteiger partial charge in [-0.15, -0.1) is 0 Å². The van der Waals surface area contributed by atoms with Gasteiger partial charge >= 0.3 is 5.97 Å². The second-order valence-corrected chi connectivity index (χ2v) is 5.90. The Morgan fingerprint density at radius 1 is 1.13 bits per heavy atom. The van der Waals surface area contributed by atoms with Crippen LogP contribution in [0.3, 0.4) is 0 Å². The lowest BCUT2D eigenvalue weighted by atomic mass is 9.86. The Kier molecular flexibility index (Phi) is 4.98. The highest BCUT2D eigenvalue weighted by molar-refractivity contribution is 5.70. The Morgan fingerprint density at radius 3 is 2.57 bits per heavy atom. The zero-order valence-electron chi connectivity index (χ0n) is 12.9. The Bertz CT molecular complexity index is 629. The van der Waals surface area contributed by atoms with Crippen molar-refractivity contribution in [3.05, 3.63) is 48.2 Å². The molecular formula is C18H21NO4. The number of benzene rings is 1. The molecule has 1 aromatic carbocycles. The molecule has 122 valence electrons. The van der Waals surface area contributed by atoms with Crippen LogP contribution in [0.5, 0.6) is 11.7 Å². The molecule has 0 amide bonds.